The van der Waals surface area contributed by atoms with Crippen LogP contribution in [0.2, 0.25) is 0 Å². The van der Waals surface area contributed by atoms with E-state index in [4.69, 9.17) is 9.47 Å². The molecule has 32 heavy (non-hydrogen) atoms. The Balaban J connectivity index is 1.53. The summed E-state index contributed by atoms with van der Waals surface area (Å²) >= 11 is 0. The quantitative estimate of drug-likeness (QED) is 0.650. The van der Waals surface area contributed by atoms with Crippen molar-refractivity contribution in [3.05, 3.63) is 53.7 Å². The van der Waals surface area contributed by atoms with Crippen molar-refractivity contribution in [3.8, 4) is 17.6 Å². The molecule has 1 amide bonds. The fourth-order valence-electron chi connectivity index (χ4n) is 4.23. The molecular formula is C25H26N4O3. The minimum absolute atomic E-state index is 0.00434. The molecule has 0 unspecified atom stereocenters. The fraction of sp³-hybridized carbons (Fsp3) is 0.320. The number of nitrogens with zero attached hydrogens (tertiary/aromatic N) is 3. The van der Waals surface area contributed by atoms with E-state index in [-0.39, 0.29) is 11.8 Å². The molecule has 0 saturated carbocycles. The summed E-state index contributed by atoms with van der Waals surface area (Å²) in [5, 5.41) is 13.6. The molecule has 164 valence electrons. The molecule has 3 aromatic rings. The lowest BCUT2D eigenvalue weighted by atomic mass is 9.94. The lowest BCUT2D eigenvalue weighted by Crippen LogP contribution is -2.38. The van der Waals surface area contributed by atoms with Crippen LogP contribution in [0, 0.1) is 24.2 Å². The number of piperidine rings is 1. The standard InChI is InChI=1S/C25H26N4O3/c1-16-4-7-23(32-3)22(12-16)28-25(30)17-8-10-29(11-9-17)24-18(14-26)15-27-21-6-5-19(31-2)13-20(21)24/h4-7,12-13,15,17H,8-11H2,1-3H3,(H,28,30). The zero-order valence-electron chi connectivity index (χ0n) is 18.5. The van der Waals surface area contributed by atoms with Crippen LogP contribution < -0.4 is 19.7 Å². The fourth-order valence-corrected chi connectivity index (χ4v) is 4.23. The molecule has 2 aromatic carbocycles. The molecule has 2 heterocycles. The Bertz CT molecular complexity index is 1190. The van der Waals surface area contributed by atoms with Crippen LogP contribution in [-0.2, 0) is 4.79 Å². The number of hydrogen-bond acceptors (Lipinski definition) is 6. The van der Waals surface area contributed by atoms with Gasteiger partial charge in [0.25, 0.3) is 0 Å². The van der Waals surface area contributed by atoms with E-state index in [0.29, 0.717) is 42.9 Å². The molecule has 4 rings (SSSR count). The van der Waals surface area contributed by atoms with Crippen molar-refractivity contribution < 1.29 is 14.3 Å². The number of nitrogens with one attached hydrogen (secondary N) is 1. The second-order valence-corrected chi connectivity index (χ2v) is 7.97. The molecule has 0 spiro atoms. The average molecular weight is 431 g/mol. The average Bonchev–Trinajstić information content (AvgIpc) is 2.83. The van der Waals surface area contributed by atoms with Crippen molar-refractivity contribution in [1.29, 1.82) is 5.26 Å². The van der Waals surface area contributed by atoms with Gasteiger partial charge < -0.3 is 19.7 Å². The van der Waals surface area contributed by atoms with Crippen LogP contribution in [0.25, 0.3) is 10.9 Å². The largest absolute Gasteiger partial charge is 0.497 e. The number of pyridine rings is 1. The number of benzene rings is 2. The van der Waals surface area contributed by atoms with Gasteiger partial charge in [0.2, 0.25) is 5.91 Å². The normalized spacial score (nSPS) is 14.1. The SMILES string of the molecule is COc1ccc2ncc(C#N)c(N3CCC(C(=O)Nc4cc(C)ccc4OC)CC3)c2c1. The van der Waals surface area contributed by atoms with Gasteiger partial charge in [0.15, 0.2) is 0 Å². The van der Waals surface area contributed by atoms with E-state index in [2.05, 4.69) is 21.3 Å². The summed E-state index contributed by atoms with van der Waals surface area (Å²) < 4.78 is 10.8. The smallest absolute Gasteiger partial charge is 0.227 e. The summed E-state index contributed by atoms with van der Waals surface area (Å²) in [6, 6.07) is 13.7. The van der Waals surface area contributed by atoms with Crippen LogP contribution in [0.1, 0.15) is 24.0 Å². The predicted molar refractivity (Wildman–Crippen MR) is 124 cm³/mol. The minimum atomic E-state index is -0.107. The molecule has 1 aliphatic heterocycles. The van der Waals surface area contributed by atoms with E-state index in [1.807, 2.05) is 43.3 Å². The van der Waals surface area contributed by atoms with Crippen molar-refractivity contribution in [2.45, 2.75) is 19.8 Å². The number of fused-ring (bicyclic) bond motifs is 1. The Morgan fingerprint density at radius 1 is 1.16 bits per heavy atom. The summed E-state index contributed by atoms with van der Waals surface area (Å²) in [5.41, 5.74) is 3.94. The van der Waals surface area contributed by atoms with E-state index < -0.39 is 0 Å². The second-order valence-electron chi connectivity index (χ2n) is 7.97. The van der Waals surface area contributed by atoms with Gasteiger partial charge in [-0.25, -0.2) is 0 Å². The van der Waals surface area contributed by atoms with Crippen molar-refractivity contribution >= 4 is 28.2 Å². The zero-order chi connectivity index (χ0) is 22.7. The third kappa shape index (κ3) is 4.17. The topological polar surface area (TPSA) is 87.5 Å². The Kier molecular flexibility index (Phi) is 6.13. The zero-order valence-corrected chi connectivity index (χ0v) is 18.5. The number of carbonyl (C=O) groups is 1. The second kappa shape index (κ2) is 9.15. The monoisotopic (exact) mass is 430 g/mol. The van der Waals surface area contributed by atoms with Gasteiger partial charge in [-0.2, -0.15) is 5.26 Å². The van der Waals surface area contributed by atoms with Gasteiger partial charge in [0, 0.05) is 30.6 Å². The lowest BCUT2D eigenvalue weighted by Gasteiger charge is -2.34. The summed E-state index contributed by atoms with van der Waals surface area (Å²) in [7, 11) is 3.22. The Labute approximate surface area is 187 Å². The van der Waals surface area contributed by atoms with Crippen LogP contribution in [0.3, 0.4) is 0 Å². The number of aryl methyl sites for hydroxylation is 1. The van der Waals surface area contributed by atoms with E-state index in [0.717, 1.165) is 27.9 Å². The van der Waals surface area contributed by atoms with Gasteiger partial charge in [-0.05, 0) is 55.7 Å². The maximum atomic E-state index is 12.9. The molecule has 0 aliphatic carbocycles. The first kappa shape index (κ1) is 21.4. The molecule has 1 saturated heterocycles. The number of anilines is 2. The van der Waals surface area contributed by atoms with Gasteiger partial charge >= 0.3 is 0 Å². The highest BCUT2D eigenvalue weighted by Gasteiger charge is 2.28. The minimum Gasteiger partial charge on any atom is -0.497 e. The number of hydrogen-bond donors (Lipinski definition) is 1. The van der Waals surface area contributed by atoms with E-state index >= 15 is 0 Å². The van der Waals surface area contributed by atoms with E-state index in [1.54, 1.807) is 20.4 Å². The van der Waals surface area contributed by atoms with Gasteiger partial charge in [0.1, 0.15) is 17.6 Å². The van der Waals surface area contributed by atoms with Crippen LogP contribution >= 0.6 is 0 Å². The molecule has 7 heteroatoms. The Morgan fingerprint density at radius 2 is 1.94 bits per heavy atom. The van der Waals surface area contributed by atoms with Gasteiger partial charge in [0.05, 0.1) is 36.7 Å². The molecule has 0 radical (unpaired) electrons. The third-order valence-corrected chi connectivity index (χ3v) is 5.96. The lowest BCUT2D eigenvalue weighted by molar-refractivity contribution is -0.120. The van der Waals surface area contributed by atoms with Crippen molar-refractivity contribution in [2.75, 3.05) is 37.5 Å². The Hall–Kier alpha value is -3.79. The number of ether oxygens (including phenoxy) is 2. The maximum Gasteiger partial charge on any atom is 0.227 e. The van der Waals surface area contributed by atoms with Crippen molar-refractivity contribution in [1.82, 2.24) is 4.98 Å². The molecule has 1 N–H and O–H groups in total. The molecule has 0 atom stereocenters. The maximum absolute atomic E-state index is 12.9. The summed E-state index contributed by atoms with van der Waals surface area (Å²) in [5.74, 6) is 1.26. The Morgan fingerprint density at radius 3 is 2.62 bits per heavy atom. The number of aromatic nitrogens is 1. The summed E-state index contributed by atoms with van der Waals surface area (Å²) in [6.07, 6.45) is 3.00. The highest BCUT2D eigenvalue weighted by molar-refractivity contribution is 5.96. The van der Waals surface area contributed by atoms with E-state index in [9.17, 15) is 10.1 Å². The number of rotatable bonds is 5. The van der Waals surface area contributed by atoms with Crippen LogP contribution in [0.5, 0.6) is 11.5 Å². The first-order chi connectivity index (χ1) is 15.5. The highest BCUT2D eigenvalue weighted by Crippen LogP contribution is 2.35. The highest BCUT2D eigenvalue weighted by atomic mass is 16.5. The predicted octanol–water partition coefficient (Wildman–Crippen LogP) is 4.29. The molecule has 1 fully saturated rings. The first-order valence-electron chi connectivity index (χ1n) is 10.6. The van der Waals surface area contributed by atoms with Gasteiger partial charge in [-0.1, -0.05) is 6.07 Å². The molecule has 1 aliphatic rings. The van der Waals surface area contributed by atoms with Crippen molar-refractivity contribution in [3.63, 3.8) is 0 Å². The summed E-state index contributed by atoms with van der Waals surface area (Å²) in [4.78, 5) is 19.5. The molecular weight excluding hydrogens is 404 g/mol. The molecule has 0 bridgehead atoms. The molecule has 7 nitrogen and oxygen atoms in total. The first-order valence-corrected chi connectivity index (χ1v) is 10.6. The van der Waals surface area contributed by atoms with Gasteiger partial charge in [-0.3, -0.25) is 9.78 Å². The van der Waals surface area contributed by atoms with Crippen molar-refractivity contribution in [2.24, 2.45) is 5.92 Å². The molecule has 1 aromatic heterocycles. The number of methoxy groups -OCH3 is 2. The number of carbonyl (C=O) groups excluding carboxylic acids is 1. The van der Waals surface area contributed by atoms with Crippen LogP contribution in [0.15, 0.2) is 42.6 Å². The number of nitriles is 1. The van der Waals surface area contributed by atoms with Crippen LogP contribution in [0.4, 0.5) is 11.4 Å². The van der Waals surface area contributed by atoms with E-state index in [1.165, 1.54) is 0 Å². The summed E-state index contributed by atoms with van der Waals surface area (Å²) in [6.45, 7) is 3.33. The number of amides is 1. The third-order valence-electron chi connectivity index (χ3n) is 5.96. The van der Waals surface area contributed by atoms with Crippen LogP contribution in [-0.4, -0.2) is 38.2 Å². The van der Waals surface area contributed by atoms with Gasteiger partial charge in [-0.15, -0.1) is 0 Å².